The molecule has 2 unspecified atom stereocenters. The van der Waals surface area contributed by atoms with E-state index in [9.17, 15) is 9.59 Å². The molecule has 2 aromatic carbocycles. The van der Waals surface area contributed by atoms with Gasteiger partial charge in [0.1, 0.15) is 0 Å². The van der Waals surface area contributed by atoms with Crippen molar-refractivity contribution in [1.82, 2.24) is 15.5 Å². The first-order chi connectivity index (χ1) is 17.9. The van der Waals surface area contributed by atoms with Gasteiger partial charge < -0.3 is 24.1 Å². The molecule has 0 fully saturated rings. The minimum Gasteiger partial charge on any atom is -0.493 e. The Morgan fingerprint density at radius 3 is 2.57 bits per heavy atom. The SMILES string of the molecule is CCOC(=O)N1c2cc(OC)c(OC)cc2C(CNC(=O)c2cccc(-c3noc(CC)n3)c2)CC1C. The van der Waals surface area contributed by atoms with Gasteiger partial charge in [-0.2, -0.15) is 4.98 Å². The minimum atomic E-state index is -0.421. The monoisotopic (exact) mass is 508 g/mol. The molecule has 10 heteroatoms. The van der Waals surface area contributed by atoms with E-state index in [1.54, 1.807) is 50.3 Å². The first kappa shape index (κ1) is 26.0. The number of aromatic nitrogens is 2. The van der Waals surface area contributed by atoms with Gasteiger partial charge in [0.2, 0.25) is 11.7 Å². The Balaban J connectivity index is 1.58. The molecule has 2 atom stereocenters. The van der Waals surface area contributed by atoms with E-state index < -0.39 is 6.09 Å². The molecule has 0 bridgehead atoms. The first-order valence-electron chi connectivity index (χ1n) is 12.3. The van der Waals surface area contributed by atoms with E-state index in [-0.39, 0.29) is 24.5 Å². The molecule has 1 N–H and O–H groups in total. The molecule has 10 nitrogen and oxygen atoms in total. The van der Waals surface area contributed by atoms with Crippen LogP contribution in [0.4, 0.5) is 10.5 Å². The van der Waals surface area contributed by atoms with Gasteiger partial charge in [0.05, 0.1) is 26.5 Å². The van der Waals surface area contributed by atoms with Crippen LogP contribution >= 0.6 is 0 Å². The van der Waals surface area contributed by atoms with Crippen molar-refractivity contribution >= 4 is 17.7 Å². The van der Waals surface area contributed by atoms with Crippen molar-refractivity contribution in [3.05, 3.63) is 53.4 Å². The summed E-state index contributed by atoms with van der Waals surface area (Å²) < 4.78 is 21.5. The number of hydrogen-bond donors (Lipinski definition) is 1. The van der Waals surface area contributed by atoms with E-state index in [0.29, 0.717) is 59.4 Å². The minimum absolute atomic E-state index is 0.0630. The third-order valence-electron chi connectivity index (χ3n) is 6.43. The Hall–Kier alpha value is -4.08. The van der Waals surface area contributed by atoms with Crippen molar-refractivity contribution in [2.24, 2.45) is 0 Å². The second-order valence-corrected chi connectivity index (χ2v) is 8.77. The Kier molecular flexibility index (Phi) is 7.95. The molecule has 2 heterocycles. The average Bonchev–Trinajstić information content (AvgIpc) is 3.40. The topological polar surface area (TPSA) is 116 Å². The number of nitrogens with zero attached hydrogens (tertiary/aromatic N) is 3. The highest BCUT2D eigenvalue weighted by molar-refractivity contribution is 5.95. The summed E-state index contributed by atoms with van der Waals surface area (Å²) in [7, 11) is 3.12. The van der Waals surface area contributed by atoms with Crippen LogP contribution in [0.15, 0.2) is 40.9 Å². The van der Waals surface area contributed by atoms with Crippen LogP contribution in [0, 0.1) is 0 Å². The molecule has 1 aromatic heterocycles. The summed E-state index contributed by atoms with van der Waals surface area (Å²) in [5, 5.41) is 7.04. The zero-order valence-electron chi connectivity index (χ0n) is 21.7. The van der Waals surface area contributed by atoms with Crippen LogP contribution in [-0.4, -0.2) is 55.6 Å². The van der Waals surface area contributed by atoms with Crippen molar-refractivity contribution < 1.29 is 28.3 Å². The van der Waals surface area contributed by atoms with Crippen LogP contribution in [-0.2, 0) is 11.2 Å². The maximum absolute atomic E-state index is 13.1. The highest BCUT2D eigenvalue weighted by atomic mass is 16.6. The van der Waals surface area contributed by atoms with Crippen LogP contribution in [0.1, 0.15) is 54.9 Å². The van der Waals surface area contributed by atoms with E-state index in [1.165, 1.54) is 0 Å². The van der Waals surface area contributed by atoms with Crippen molar-refractivity contribution in [3.8, 4) is 22.9 Å². The number of nitrogens with one attached hydrogen (secondary N) is 1. The second-order valence-electron chi connectivity index (χ2n) is 8.77. The lowest BCUT2D eigenvalue weighted by Gasteiger charge is -2.39. The lowest BCUT2D eigenvalue weighted by molar-refractivity contribution is 0.0949. The lowest BCUT2D eigenvalue weighted by Crippen LogP contribution is -2.45. The summed E-state index contributed by atoms with van der Waals surface area (Å²) in [5.74, 6) is 1.77. The average molecular weight is 509 g/mol. The van der Waals surface area contributed by atoms with Gasteiger partial charge in [0.15, 0.2) is 11.5 Å². The summed E-state index contributed by atoms with van der Waals surface area (Å²) >= 11 is 0. The van der Waals surface area contributed by atoms with Crippen molar-refractivity contribution in [2.75, 3.05) is 32.3 Å². The molecule has 37 heavy (non-hydrogen) atoms. The zero-order valence-corrected chi connectivity index (χ0v) is 21.7. The number of aryl methyl sites for hydroxylation is 1. The fourth-order valence-electron chi connectivity index (χ4n) is 4.60. The molecular weight excluding hydrogens is 476 g/mol. The summed E-state index contributed by atoms with van der Waals surface area (Å²) in [5.41, 5.74) is 2.75. The van der Waals surface area contributed by atoms with Crippen molar-refractivity contribution in [2.45, 2.75) is 45.6 Å². The first-order valence-corrected chi connectivity index (χ1v) is 12.3. The zero-order chi connectivity index (χ0) is 26.5. The summed E-state index contributed by atoms with van der Waals surface area (Å²) in [6.07, 6.45) is 0.846. The van der Waals surface area contributed by atoms with E-state index in [2.05, 4.69) is 15.5 Å². The predicted molar refractivity (Wildman–Crippen MR) is 137 cm³/mol. The molecule has 0 aliphatic carbocycles. The van der Waals surface area contributed by atoms with Gasteiger partial charge in [-0.25, -0.2) is 4.79 Å². The number of benzene rings is 2. The highest BCUT2D eigenvalue weighted by Gasteiger charge is 2.36. The van der Waals surface area contributed by atoms with Gasteiger partial charge >= 0.3 is 6.09 Å². The Morgan fingerprint density at radius 2 is 1.89 bits per heavy atom. The molecule has 196 valence electrons. The van der Waals surface area contributed by atoms with E-state index >= 15 is 0 Å². The Morgan fingerprint density at radius 1 is 1.14 bits per heavy atom. The van der Waals surface area contributed by atoms with E-state index in [0.717, 1.165) is 5.56 Å². The number of carbonyl (C=O) groups excluding carboxylic acids is 2. The standard InChI is InChI=1S/C27H32N4O6/c1-6-24-29-25(30-37-24)17-9-8-10-18(12-17)26(32)28-15-19-11-16(3)31(27(33)36-7-2)21-14-23(35-5)22(34-4)13-20(19)21/h8-10,12-14,16,19H,6-7,11,15H2,1-5H3,(H,28,32). The van der Waals surface area contributed by atoms with Gasteiger partial charge in [-0.1, -0.05) is 24.2 Å². The maximum atomic E-state index is 13.1. The normalized spacial score (nSPS) is 16.6. The van der Waals surface area contributed by atoms with E-state index in [4.69, 9.17) is 18.7 Å². The lowest BCUT2D eigenvalue weighted by atomic mass is 9.85. The van der Waals surface area contributed by atoms with Gasteiger partial charge in [0, 0.05) is 42.1 Å². The molecular formula is C27H32N4O6. The summed E-state index contributed by atoms with van der Waals surface area (Å²) in [4.78, 5) is 31.9. The third kappa shape index (κ3) is 5.37. The van der Waals surface area contributed by atoms with Crippen LogP contribution in [0.2, 0.25) is 0 Å². The number of ether oxygens (including phenoxy) is 3. The summed E-state index contributed by atoms with van der Waals surface area (Å²) in [6.45, 7) is 6.31. The van der Waals surface area contributed by atoms with Gasteiger partial charge in [-0.15, -0.1) is 0 Å². The van der Waals surface area contributed by atoms with Gasteiger partial charge in [-0.3, -0.25) is 9.69 Å². The molecule has 0 radical (unpaired) electrons. The number of amides is 2. The van der Waals surface area contributed by atoms with Crippen LogP contribution in [0.5, 0.6) is 11.5 Å². The van der Waals surface area contributed by atoms with Crippen molar-refractivity contribution in [3.63, 3.8) is 0 Å². The maximum Gasteiger partial charge on any atom is 0.414 e. The van der Waals surface area contributed by atoms with Gasteiger partial charge in [-0.05, 0) is 44.0 Å². The number of anilines is 1. The molecule has 1 aliphatic rings. The van der Waals surface area contributed by atoms with Crippen LogP contribution in [0.3, 0.4) is 0 Å². The van der Waals surface area contributed by atoms with Crippen LogP contribution < -0.4 is 19.7 Å². The Labute approximate surface area is 215 Å². The molecule has 3 aromatic rings. The van der Waals surface area contributed by atoms with Crippen LogP contribution in [0.25, 0.3) is 11.4 Å². The summed E-state index contributed by atoms with van der Waals surface area (Å²) in [6, 6.07) is 10.6. The predicted octanol–water partition coefficient (Wildman–Crippen LogP) is 4.58. The number of fused-ring (bicyclic) bond motifs is 1. The molecule has 0 saturated carbocycles. The molecule has 0 spiro atoms. The van der Waals surface area contributed by atoms with Gasteiger partial charge in [0.25, 0.3) is 5.91 Å². The second kappa shape index (κ2) is 11.3. The molecule has 2 amide bonds. The number of carbonyl (C=O) groups is 2. The smallest absolute Gasteiger partial charge is 0.414 e. The molecule has 1 aliphatic heterocycles. The molecule has 0 saturated heterocycles. The highest BCUT2D eigenvalue weighted by Crippen LogP contribution is 2.44. The third-order valence-corrected chi connectivity index (χ3v) is 6.43. The number of rotatable bonds is 8. The largest absolute Gasteiger partial charge is 0.493 e. The quantitative estimate of drug-likeness (QED) is 0.470. The fourth-order valence-corrected chi connectivity index (χ4v) is 4.60. The number of methoxy groups -OCH3 is 2. The van der Waals surface area contributed by atoms with Crippen molar-refractivity contribution in [1.29, 1.82) is 0 Å². The molecule has 4 rings (SSSR count). The van der Waals surface area contributed by atoms with E-state index in [1.807, 2.05) is 26.0 Å². The number of hydrogen-bond acceptors (Lipinski definition) is 8. The fraction of sp³-hybridized carbons (Fsp3) is 0.407. The Bertz CT molecular complexity index is 1270.